The molecule has 0 aliphatic heterocycles. The zero-order chi connectivity index (χ0) is 28.3. The molecule has 12 nitrogen and oxygen atoms in total. The second-order valence-corrected chi connectivity index (χ2v) is 10.7. The van der Waals surface area contributed by atoms with Crippen molar-refractivity contribution in [2.75, 3.05) is 25.5 Å². The van der Waals surface area contributed by atoms with Crippen LogP contribution in [-0.2, 0) is 29.1 Å². The van der Waals surface area contributed by atoms with E-state index in [-0.39, 0.29) is 24.4 Å². The van der Waals surface area contributed by atoms with E-state index < -0.39 is 45.5 Å². The number of ether oxygens (including phenoxy) is 2. The summed E-state index contributed by atoms with van der Waals surface area (Å²) in [5.74, 6) is -1.83. The van der Waals surface area contributed by atoms with Gasteiger partial charge in [-0.2, -0.15) is 4.72 Å². The van der Waals surface area contributed by atoms with Gasteiger partial charge in [0.15, 0.2) is 0 Å². The summed E-state index contributed by atoms with van der Waals surface area (Å²) in [6.07, 6.45) is -0.744. The summed E-state index contributed by atoms with van der Waals surface area (Å²) in [6.45, 7) is 4.86. The molecule has 206 valence electrons. The van der Waals surface area contributed by atoms with Gasteiger partial charge in [0.25, 0.3) is 5.91 Å². The van der Waals surface area contributed by atoms with Gasteiger partial charge in [-0.3, -0.25) is 19.7 Å². The van der Waals surface area contributed by atoms with Crippen LogP contribution in [-0.4, -0.2) is 64.1 Å². The fourth-order valence-corrected chi connectivity index (χ4v) is 4.20. The third kappa shape index (κ3) is 10.2. The van der Waals surface area contributed by atoms with Gasteiger partial charge < -0.3 is 20.1 Å². The first-order chi connectivity index (χ1) is 17.8. The van der Waals surface area contributed by atoms with Crippen LogP contribution in [0.25, 0.3) is 0 Å². The summed E-state index contributed by atoms with van der Waals surface area (Å²) in [4.78, 5) is 48.4. The van der Waals surface area contributed by atoms with Gasteiger partial charge in [0.1, 0.15) is 11.6 Å². The molecule has 38 heavy (non-hydrogen) atoms. The van der Waals surface area contributed by atoms with Crippen molar-refractivity contribution in [3.05, 3.63) is 60.2 Å². The van der Waals surface area contributed by atoms with E-state index in [4.69, 9.17) is 4.74 Å². The van der Waals surface area contributed by atoms with Crippen LogP contribution < -0.4 is 20.7 Å². The third-order valence-electron chi connectivity index (χ3n) is 4.77. The van der Waals surface area contributed by atoms with E-state index in [1.165, 1.54) is 48.5 Å². The molecule has 3 amide bonds. The predicted molar refractivity (Wildman–Crippen MR) is 139 cm³/mol. The lowest BCUT2D eigenvalue weighted by atomic mass is 10.2. The van der Waals surface area contributed by atoms with Gasteiger partial charge in [0.2, 0.25) is 15.9 Å². The summed E-state index contributed by atoms with van der Waals surface area (Å²) >= 11 is 0. The molecule has 2 aromatic rings. The molecule has 0 aliphatic rings. The summed E-state index contributed by atoms with van der Waals surface area (Å²) in [6, 6.07) is 12.2. The van der Waals surface area contributed by atoms with E-state index in [0.29, 0.717) is 11.3 Å². The molecular weight excluding hydrogens is 516 g/mol. The van der Waals surface area contributed by atoms with E-state index in [2.05, 4.69) is 25.4 Å². The normalized spacial score (nSPS) is 12.1. The first kappa shape index (κ1) is 30.3. The number of amides is 3. The average molecular weight is 549 g/mol. The molecule has 2 rings (SSSR count). The number of esters is 1. The number of methoxy groups -OCH3 is 1. The minimum atomic E-state index is -4.03. The van der Waals surface area contributed by atoms with Crippen LogP contribution in [0.4, 0.5) is 10.5 Å². The molecule has 1 atom stereocenters. The van der Waals surface area contributed by atoms with Crippen LogP contribution >= 0.6 is 0 Å². The first-order valence-electron chi connectivity index (χ1n) is 11.6. The van der Waals surface area contributed by atoms with Crippen molar-refractivity contribution < 1.29 is 37.1 Å². The van der Waals surface area contributed by atoms with Crippen molar-refractivity contribution in [3.8, 4) is 0 Å². The van der Waals surface area contributed by atoms with Crippen molar-refractivity contribution in [2.24, 2.45) is 0 Å². The van der Waals surface area contributed by atoms with Crippen LogP contribution in [0.15, 0.2) is 59.5 Å². The van der Waals surface area contributed by atoms with Gasteiger partial charge in [-0.1, -0.05) is 18.2 Å². The Kier molecular flexibility index (Phi) is 10.8. The topological polar surface area (TPSA) is 169 Å². The molecule has 2 aromatic carbocycles. The molecule has 0 saturated carbocycles. The number of hydrogen-bond acceptors (Lipinski definition) is 8. The Morgan fingerprint density at radius 2 is 1.55 bits per heavy atom. The summed E-state index contributed by atoms with van der Waals surface area (Å²) < 4.78 is 37.0. The van der Waals surface area contributed by atoms with Crippen LogP contribution in [0.2, 0.25) is 0 Å². The molecule has 0 radical (unpaired) electrons. The SMILES string of the molecule is COC(=O)[C@H](CNC(=O)CCNC(=O)c1ccc(NC(=O)OC(C)(C)C)cc1)NS(=O)(=O)c1ccccc1. The first-order valence-corrected chi connectivity index (χ1v) is 13.1. The average Bonchev–Trinajstić information content (AvgIpc) is 2.85. The smallest absolute Gasteiger partial charge is 0.412 e. The lowest BCUT2D eigenvalue weighted by molar-refractivity contribution is -0.142. The van der Waals surface area contributed by atoms with Gasteiger partial charge in [0.05, 0.1) is 12.0 Å². The standard InChI is InChI=1S/C25H32N4O8S/c1-25(2,3)37-24(33)28-18-12-10-17(11-13-18)22(31)26-15-14-21(30)27-16-20(23(32)36-4)29-38(34,35)19-8-6-5-7-9-19/h5-13,20,29H,14-16H2,1-4H3,(H,26,31)(H,27,30)(H,28,33)/t20-/m0/s1. The van der Waals surface area contributed by atoms with E-state index in [0.717, 1.165) is 7.11 Å². The highest BCUT2D eigenvalue weighted by Crippen LogP contribution is 2.13. The van der Waals surface area contributed by atoms with Crippen LogP contribution in [0.3, 0.4) is 0 Å². The molecule has 0 bridgehead atoms. The van der Waals surface area contributed by atoms with Gasteiger partial charge in [-0.15, -0.1) is 0 Å². The number of rotatable bonds is 11. The zero-order valence-electron chi connectivity index (χ0n) is 21.6. The highest BCUT2D eigenvalue weighted by atomic mass is 32.2. The number of carbonyl (C=O) groups excluding carboxylic acids is 4. The molecule has 13 heteroatoms. The van der Waals surface area contributed by atoms with Crippen molar-refractivity contribution in [2.45, 2.75) is 43.7 Å². The Balaban J connectivity index is 1.82. The lowest BCUT2D eigenvalue weighted by Crippen LogP contribution is -2.49. The minimum Gasteiger partial charge on any atom is -0.468 e. The maximum absolute atomic E-state index is 12.5. The van der Waals surface area contributed by atoms with Gasteiger partial charge in [-0.05, 0) is 57.2 Å². The summed E-state index contributed by atoms with van der Waals surface area (Å²) in [7, 11) is -2.93. The molecular formula is C25H32N4O8S. The van der Waals surface area contributed by atoms with E-state index in [1.54, 1.807) is 26.8 Å². The third-order valence-corrected chi connectivity index (χ3v) is 6.26. The number of carbonyl (C=O) groups is 4. The zero-order valence-corrected chi connectivity index (χ0v) is 22.4. The maximum Gasteiger partial charge on any atom is 0.412 e. The number of benzene rings is 2. The molecule has 0 fully saturated rings. The van der Waals surface area contributed by atoms with Gasteiger partial charge >= 0.3 is 12.1 Å². The second kappa shape index (κ2) is 13.5. The van der Waals surface area contributed by atoms with Gasteiger partial charge in [0, 0.05) is 30.8 Å². The van der Waals surface area contributed by atoms with E-state index >= 15 is 0 Å². The minimum absolute atomic E-state index is 0.0127. The highest BCUT2D eigenvalue weighted by molar-refractivity contribution is 7.89. The second-order valence-electron chi connectivity index (χ2n) is 9.02. The number of anilines is 1. The molecule has 0 saturated heterocycles. The van der Waals surface area contributed by atoms with Crippen LogP contribution in [0.5, 0.6) is 0 Å². The van der Waals surface area contributed by atoms with Crippen LogP contribution in [0.1, 0.15) is 37.6 Å². The number of hydrogen-bond donors (Lipinski definition) is 4. The molecule has 4 N–H and O–H groups in total. The Labute approximate surface area is 221 Å². The molecule has 0 unspecified atom stereocenters. The Bertz CT molecular complexity index is 1230. The molecule has 0 heterocycles. The largest absolute Gasteiger partial charge is 0.468 e. The monoisotopic (exact) mass is 548 g/mol. The maximum atomic E-state index is 12.5. The van der Waals surface area contributed by atoms with E-state index in [1.807, 2.05) is 0 Å². The van der Waals surface area contributed by atoms with Crippen molar-refractivity contribution in [1.82, 2.24) is 15.4 Å². The molecule has 0 aromatic heterocycles. The number of nitrogens with one attached hydrogen (secondary N) is 4. The van der Waals surface area contributed by atoms with Crippen molar-refractivity contribution >= 4 is 39.6 Å². The fraction of sp³-hybridized carbons (Fsp3) is 0.360. The molecule has 0 spiro atoms. The Morgan fingerprint density at radius 1 is 0.921 bits per heavy atom. The fourth-order valence-electron chi connectivity index (χ4n) is 2.99. The van der Waals surface area contributed by atoms with Crippen molar-refractivity contribution in [3.63, 3.8) is 0 Å². The van der Waals surface area contributed by atoms with Crippen molar-refractivity contribution in [1.29, 1.82) is 0 Å². The Morgan fingerprint density at radius 3 is 2.13 bits per heavy atom. The number of sulfonamides is 1. The lowest BCUT2D eigenvalue weighted by Gasteiger charge is -2.19. The highest BCUT2D eigenvalue weighted by Gasteiger charge is 2.27. The quantitative estimate of drug-likeness (QED) is 0.308. The summed E-state index contributed by atoms with van der Waals surface area (Å²) in [5.41, 5.74) is 0.103. The Hall–Kier alpha value is -3.97. The van der Waals surface area contributed by atoms with Gasteiger partial charge in [-0.25, -0.2) is 13.2 Å². The van der Waals surface area contributed by atoms with E-state index in [9.17, 15) is 27.6 Å². The van der Waals surface area contributed by atoms with Crippen LogP contribution in [0, 0.1) is 0 Å². The predicted octanol–water partition coefficient (Wildman–Crippen LogP) is 1.79. The summed E-state index contributed by atoms with van der Waals surface area (Å²) in [5, 5.41) is 7.60. The molecule has 0 aliphatic carbocycles.